The number of amides is 1. The molecule has 3 aromatic rings. The van der Waals surface area contributed by atoms with Gasteiger partial charge in [0.25, 0.3) is 0 Å². The molecule has 0 radical (unpaired) electrons. The normalized spacial score (nSPS) is 11.0. The summed E-state index contributed by atoms with van der Waals surface area (Å²) in [6.45, 7) is 0. The quantitative estimate of drug-likeness (QED) is 0.625. The predicted molar refractivity (Wildman–Crippen MR) is 87.4 cm³/mol. The number of halogens is 3. The van der Waals surface area contributed by atoms with Crippen molar-refractivity contribution in [1.82, 2.24) is 4.98 Å². The highest BCUT2D eigenvalue weighted by atomic mass is 19.4. The molecule has 0 fully saturated rings. The number of hydrogen-bond donors (Lipinski definition) is 3. The zero-order valence-corrected chi connectivity index (χ0v) is 12.6. The summed E-state index contributed by atoms with van der Waals surface area (Å²) in [6, 6.07) is 13.3. The number of primary amides is 1. The Balaban J connectivity index is 0.000000182. The zero-order chi connectivity index (χ0) is 17.7. The maximum absolute atomic E-state index is 12.0. The van der Waals surface area contributed by atoms with Crippen LogP contribution in [0.25, 0.3) is 10.9 Å². The molecule has 0 saturated heterocycles. The Kier molecular flexibility index (Phi) is 5.13. The zero-order valence-electron chi connectivity index (χ0n) is 12.6. The Morgan fingerprint density at radius 3 is 2.38 bits per heavy atom. The van der Waals surface area contributed by atoms with Crippen molar-refractivity contribution in [3.63, 3.8) is 0 Å². The third-order valence-corrected chi connectivity index (χ3v) is 3.30. The van der Waals surface area contributed by atoms with E-state index in [2.05, 4.69) is 4.98 Å². The maximum atomic E-state index is 12.0. The molecule has 0 aliphatic carbocycles. The number of fused-ring (bicyclic) bond motifs is 1. The molecule has 0 atom stereocenters. The number of H-pyrrole nitrogens is 1. The summed E-state index contributed by atoms with van der Waals surface area (Å²) in [5, 5.41) is 1.10. The number of alkyl halides is 3. The van der Waals surface area contributed by atoms with E-state index in [1.54, 1.807) is 0 Å². The maximum Gasteiger partial charge on any atom is 0.393 e. The Hall–Kier alpha value is -2.96. The Labute approximate surface area is 136 Å². The number of aromatic amines is 1. The number of nitrogen functional groups attached to an aromatic ring is 1. The molecular formula is C17H16F3N3O. The lowest BCUT2D eigenvalue weighted by Gasteiger charge is -2.08. The lowest BCUT2D eigenvalue weighted by Crippen LogP contribution is -2.18. The topological polar surface area (TPSA) is 84.9 Å². The van der Waals surface area contributed by atoms with Crippen LogP contribution >= 0.6 is 0 Å². The molecule has 0 aliphatic heterocycles. The summed E-state index contributed by atoms with van der Waals surface area (Å²) < 4.78 is 36.1. The number of hydrogen-bond acceptors (Lipinski definition) is 2. The number of carbonyl (C=O) groups is 1. The molecule has 0 saturated carbocycles. The third kappa shape index (κ3) is 4.52. The molecule has 1 heterocycles. The van der Waals surface area contributed by atoms with Gasteiger partial charge in [0.2, 0.25) is 5.91 Å². The average Bonchev–Trinajstić information content (AvgIpc) is 2.96. The van der Waals surface area contributed by atoms with E-state index in [4.69, 9.17) is 11.5 Å². The van der Waals surface area contributed by atoms with Crippen LogP contribution in [0.15, 0.2) is 54.7 Å². The lowest BCUT2D eigenvalue weighted by molar-refractivity contribution is -0.127. The standard InChI is InChI=1S/C9H8F3NO.C8H8N2/c10-9(11,12)5-6-3-1-2-4-7(6)8(13)14;9-7-2-1-3-8-6(7)4-5-10-8/h1-4H,5H2,(H2,13,14);1-5,10H,9H2. The minimum Gasteiger partial charge on any atom is -0.398 e. The van der Waals surface area contributed by atoms with Gasteiger partial charge in [0.15, 0.2) is 0 Å². The number of anilines is 1. The van der Waals surface area contributed by atoms with Crippen molar-refractivity contribution >= 4 is 22.5 Å². The molecule has 1 amide bonds. The van der Waals surface area contributed by atoms with Gasteiger partial charge in [0.1, 0.15) is 0 Å². The van der Waals surface area contributed by atoms with Crippen LogP contribution in [0.5, 0.6) is 0 Å². The van der Waals surface area contributed by atoms with E-state index in [0.717, 1.165) is 16.6 Å². The molecule has 5 N–H and O–H groups in total. The first-order valence-electron chi connectivity index (χ1n) is 7.04. The minimum absolute atomic E-state index is 0.0789. The van der Waals surface area contributed by atoms with E-state index in [-0.39, 0.29) is 11.1 Å². The van der Waals surface area contributed by atoms with Crippen LogP contribution in [0.1, 0.15) is 15.9 Å². The molecule has 126 valence electrons. The predicted octanol–water partition coefficient (Wildman–Crippen LogP) is 3.64. The Morgan fingerprint density at radius 1 is 1.04 bits per heavy atom. The number of nitrogens with two attached hydrogens (primary N) is 2. The van der Waals surface area contributed by atoms with E-state index in [1.165, 1.54) is 24.3 Å². The van der Waals surface area contributed by atoms with Gasteiger partial charge in [-0.1, -0.05) is 24.3 Å². The number of carbonyl (C=O) groups excluding carboxylic acids is 1. The van der Waals surface area contributed by atoms with E-state index >= 15 is 0 Å². The van der Waals surface area contributed by atoms with Gasteiger partial charge in [0.05, 0.1) is 6.42 Å². The van der Waals surface area contributed by atoms with Gasteiger partial charge in [-0.05, 0) is 29.8 Å². The van der Waals surface area contributed by atoms with E-state index in [1.807, 2.05) is 30.5 Å². The number of benzene rings is 2. The molecule has 3 rings (SSSR count). The number of rotatable bonds is 2. The van der Waals surface area contributed by atoms with E-state index < -0.39 is 18.5 Å². The summed E-state index contributed by atoms with van der Waals surface area (Å²) in [6.07, 6.45) is -3.57. The van der Waals surface area contributed by atoms with Crippen molar-refractivity contribution < 1.29 is 18.0 Å². The summed E-state index contributed by atoms with van der Waals surface area (Å²) in [5.74, 6) is -0.843. The van der Waals surface area contributed by atoms with Gasteiger partial charge < -0.3 is 16.5 Å². The van der Waals surface area contributed by atoms with Gasteiger partial charge in [-0.2, -0.15) is 13.2 Å². The summed E-state index contributed by atoms with van der Waals surface area (Å²) >= 11 is 0. The van der Waals surface area contributed by atoms with Crippen LogP contribution in [0, 0.1) is 0 Å². The fourth-order valence-corrected chi connectivity index (χ4v) is 2.24. The average molecular weight is 335 g/mol. The highest BCUT2D eigenvalue weighted by Gasteiger charge is 2.29. The molecular weight excluding hydrogens is 319 g/mol. The highest BCUT2D eigenvalue weighted by molar-refractivity contribution is 5.94. The fourth-order valence-electron chi connectivity index (χ4n) is 2.24. The van der Waals surface area contributed by atoms with Crippen molar-refractivity contribution in [2.45, 2.75) is 12.6 Å². The largest absolute Gasteiger partial charge is 0.398 e. The van der Waals surface area contributed by atoms with Crippen molar-refractivity contribution in [2.24, 2.45) is 5.73 Å². The highest BCUT2D eigenvalue weighted by Crippen LogP contribution is 2.23. The first-order chi connectivity index (χ1) is 11.3. The van der Waals surface area contributed by atoms with Crippen LogP contribution in [-0.4, -0.2) is 17.1 Å². The molecule has 0 unspecified atom stereocenters. The molecule has 4 nitrogen and oxygen atoms in total. The Morgan fingerprint density at radius 2 is 1.75 bits per heavy atom. The summed E-state index contributed by atoms with van der Waals surface area (Å²) in [7, 11) is 0. The van der Waals surface area contributed by atoms with Gasteiger partial charge in [0, 0.05) is 28.4 Å². The minimum atomic E-state index is -4.33. The second-order valence-corrected chi connectivity index (χ2v) is 5.10. The molecule has 24 heavy (non-hydrogen) atoms. The number of nitrogens with one attached hydrogen (secondary N) is 1. The molecule has 0 bridgehead atoms. The van der Waals surface area contributed by atoms with Gasteiger partial charge in [-0.15, -0.1) is 0 Å². The van der Waals surface area contributed by atoms with Crippen molar-refractivity contribution in [3.05, 3.63) is 65.9 Å². The smallest absolute Gasteiger partial charge is 0.393 e. The first kappa shape index (κ1) is 17.4. The molecule has 1 aromatic heterocycles. The molecule has 0 spiro atoms. The molecule has 7 heteroatoms. The van der Waals surface area contributed by atoms with Crippen LogP contribution in [-0.2, 0) is 6.42 Å². The van der Waals surface area contributed by atoms with Crippen LogP contribution in [0.4, 0.5) is 18.9 Å². The molecule has 2 aromatic carbocycles. The SMILES string of the molecule is NC(=O)c1ccccc1CC(F)(F)F.Nc1cccc2[nH]ccc12. The monoisotopic (exact) mass is 335 g/mol. The summed E-state index contributed by atoms with van der Waals surface area (Å²) in [4.78, 5) is 13.8. The van der Waals surface area contributed by atoms with E-state index in [0.29, 0.717) is 0 Å². The van der Waals surface area contributed by atoms with Gasteiger partial charge >= 0.3 is 6.18 Å². The lowest BCUT2D eigenvalue weighted by atomic mass is 10.0. The fraction of sp³-hybridized carbons (Fsp3) is 0.118. The summed E-state index contributed by atoms with van der Waals surface area (Å²) in [5.41, 5.74) is 12.4. The second-order valence-electron chi connectivity index (χ2n) is 5.10. The third-order valence-electron chi connectivity index (χ3n) is 3.30. The van der Waals surface area contributed by atoms with Crippen molar-refractivity contribution in [1.29, 1.82) is 0 Å². The van der Waals surface area contributed by atoms with Crippen molar-refractivity contribution in [3.8, 4) is 0 Å². The Bertz CT molecular complexity index is 840. The van der Waals surface area contributed by atoms with Crippen LogP contribution < -0.4 is 11.5 Å². The van der Waals surface area contributed by atoms with Crippen LogP contribution in [0.2, 0.25) is 0 Å². The second kappa shape index (κ2) is 7.08. The van der Waals surface area contributed by atoms with E-state index in [9.17, 15) is 18.0 Å². The van der Waals surface area contributed by atoms with Crippen molar-refractivity contribution in [2.75, 3.05) is 5.73 Å². The van der Waals surface area contributed by atoms with Gasteiger partial charge in [-0.3, -0.25) is 4.79 Å². The number of aromatic nitrogens is 1. The first-order valence-corrected chi connectivity index (χ1v) is 7.04. The van der Waals surface area contributed by atoms with Crippen LogP contribution in [0.3, 0.4) is 0 Å². The molecule has 0 aliphatic rings. The van der Waals surface area contributed by atoms with Gasteiger partial charge in [-0.25, -0.2) is 0 Å².